The molecule has 0 aliphatic rings. The summed E-state index contributed by atoms with van der Waals surface area (Å²) in [6.45, 7) is 0.452. The van der Waals surface area contributed by atoms with Crippen LogP contribution in [0.2, 0.25) is 0 Å². The average molecular weight is 280 g/mol. The molecule has 1 amide bonds. The van der Waals surface area contributed by atoms with Crippen molar-refractivity contribution < 1.29 is 9.90 Å². The number of rotatable bonds is 3. The van der Waals surface area contributed by atoms with E-state index in [9.17, 15) is 9.90 Å². The van der Waals surface area contributed by atoms with Gasteiger partial charge in [0.25, 0.3) is 5.91 Å². The Morgan fingerprint density at radius 2 is 2.00 bits per heavy atom. The highest BCUT2D eigenvalue weighted by Gasteiger charge is 2.15. The molecule has 0 radical (unpaired) electrons. The molecule has 0 atom stereocenters. The minimum Gasteiger partial charge on any atom is -0.508 e. The summed E-state index contributed by atoms with van der Waals surface area (Å²) in [5.41, 5.74) is 2.52. The van der Waals surface area contributed by atoms with Gasteiger partial charge in [-0.1, -0.05) is 18.2 Å². The number of phenolic OH excluding ortho intramolecular Hbond substituents is 1. The molecule has 106 valence electrons. The summed E-state index contributed by atoms with van der Waals surface area (Å²) in [5.74, 6) is 0.171. The number of H-pyrrole nitrogens is 1. The normalized spacial score (nSPS) is 10.7. The Bertz CT molecular complexity index is 792. The van der Waals surface area contributed by atoms with Crippen LogP contribution in [0.15, 0.2) is 54.7 Å². The quantitative estimate of drug-likeness (QED) is 0.774. The van der Waals surface area contributed by atoms with Crippen molar-refractivity contribution in [1.29, 1.82) is 0 Å². The van der Waals surface area contributed by atoms with E-state index in [0.717, 1.165) is 16.5 Å². The molecule has 4 nitrogen and oxygen atoms in total. The van der Waals surface area contributed by atoms with Gasteiger partial charge in [-0.25, -0.2) is 0 Å². The predicted molar refractivity (Wildman–Crippen MR) is 82.2 cm³/mol. The number of aromatic nitrogens is 1. The molecule has 0 fully saturated rings. The van der Waals surface area contributed by atoms with Gasteiger partial charge in [-0.3, -0.25) is 4.79 Å². The SMILES string of the molecule is CN(Cc1cccc(O)c1)C(=O)c1cccc2[nH]ccc12. The molecule has 0 spiro atoms. The number of benzene rings is 2. The molecule has 2 N–H and O–H groups in total. The van der Waals surface area contributed by atoms with Gasteiger partial charge in [-0.2, -0.15) is 0 Å². The maximum atomic E-state index is 12.6. The largest absolute Gasteiger partial charge is 0.508 e. The second-order valence-electron chi connectivity index (χ2n) is 5.08. The third-order valence-corrected chi connectivity index (χ3v) is 3.50. The summed E-state index contributed by atoms with van der Waals surface area (Å²) in [4.78, 5) is 17.4. The average Bonchev–Trinajstić information content (AvgIpc) is 2.94. The zero-order chi connectivity index (χ0) is 14.8. The highest BCUT2D eigenvalue weighted by atomic mass is 16.3. The molecule has 3 aromatic rings. The van der Waals surface area contributed by atoms with E-state index in [4.69, 9.17) is 0 Å². The highest BCUT2D eigenvalue weighted by molar-refractivity contribution is 6.06. The van der Waals surface area contributed by atoms with Crippen molar-refractivity contribution in [3.63, 3.8) is 0 Å². The Kier molecular flexibility index (Phi) is 3.36. The van der Waals surface area contributed by atoms with Gasteiger partial charge in [0.2, 0.25) is 0 Å². The second-order valence-corrected chi connectivity index (χ2v) is 5.08. The molecule has 0 saturated heterocycles. The van der Waals surface area contributed by atoms with Crippen LogP contribution in [0.5, 0.6) is 5.75 Å². The van der Waals surface area contributed by atoms with Crippen LogP contribution in [0, 0.1) is 0 Å². The van der Waals surface area contributed by atoms with Crippen LogP contribution in [0.1, 0.15) is 15.9 Å². The first kappa shape index (κ1) is 13.2. The lowest BCUT2D eigenvalue weighted by Gasteiger charge is -2.18. The predicted octanol–water partition coefficient (Wildman–Crippen LogP) is 3.15. The van der Waals surface area contributed by atoms with Gasteiger partial charge in [-0.15, -0.1) is 0 Å². The fourth-order valence-electron chi connectivity index (χ4n) is 2.48. The molecule has 21 heavy (non-hydrogen) atoms. The van der Waals surface area contributed by atoms with Crippen LogP contribution in [0.25, 0.3) is 10.9 Å². The lowest BCUT2D eigenvalue weighted by Crippen LogP contribution is -2.26. The molecule has 3 rings (SSSR count). The summed E-state index contributed by atoms with van der Waals surface area (Å²) in [7, 11) is 1.76. The van der Waals surface area contributed by atoms with Crippen LogP contribution < -0.4 is 0 Å². The van der Waals surface area contributed by atoms with Crippen molar-refractivity contribution in [2.45, 2.75) is 6.54 Å². The van der Waals surface area contributed by atoms with Gasteiger partial charge >= 0.3 is 0 Å². The van der Waals surface area contributed by atoms with Crippen molar-refractivity contribution in [3.8, 4) is 5.75 Å². The number of nitrogens with zero attached hydrogens (tertiary/aromatic N) is 1. The molecule has 0 bridgehead atoms. The topological polar surface area (TPSA) is 56.3 Å². The number of aromatic amines is 1. The molecular weight excluding hydrogens is 264 g/mol. The molecule has 2 aromatic carbocycles. The Morgan fingerprint density at radius 1 is 1.19 bits per heavy atom. The van der Waals surface area contributed by atoms with Gasteiger partial charge in [0.15, 0.2) is 0 Å². The zero-order valence-corrected chi connectivity index (χ0v) is 11.7. The van der Waals surface area contributed by atoms with E-state index in [2.05, 4.69) is 4.98 Å². The molecule has 1 aromatic heterocycles. The van der Waals surface area contributed by atoms with Crippen LogP contribution in [-0.2, 0) is 6.54 Å². The fourth-order valence-corrected chi connectivity index (χ4v) is 2.48. The van der Waals surface area contributed by atoms with E-state index in [1.54, 1.807) is 30.1 Å². The molecule has 0 saturated carbocycles. The first-order valence-electron chi connectivity index (χ1n) is 6.74. The van der Waals surface area contributed by atoms with Gasteiger partial charge in [0.1, 0.15) is 5.75 Å². The number of nitrogens with one attached hydrogen (secondary N) is 1. The summed E-state index contributed by atoms with van der Waals surface area (Å²) in [6.07, 6.45) is 1.83. The number of carbonyl (C=O) groups is 1. The third-order valence-electron chi connectivity index (χ3n) is 3.50. The van der Waals surface area contributed by atoms with E-state index < -0.39 is 0 Å². The van der Waals surface area contributed by atoms with Crippen molar-refractivity contribution in [1.82, 2.24) is 9.88 Å². The summed E-state index contributed by atoms with van der Waals surface area (Å²) in [5, 5.41) is 10.4. The van der Waals surface area contributed by atoms with Crippen LogP contribution in [-0.4, -0.2) is 27.9 Å². The zero-order valence-electron chi connectivity index (χ0n) is 11.7. The highest BCUT2D eigenvalue weighted by Crippen LogP contribution is 2.20. The first-order valence-corrected chi connectivity index (χ1v) is 6.74. The van der Waals surface area contributed by atoms with Crippen LogP contribution in [0.4, 0.5) is 0 Å². The fraction of sp³-hybridized carbons (Fsp3) is 0.118. The van der Waals surface area contributed by atoms with E-state index in [1.165, 1.54) is 0 Å². The lowest BCUT2D eigenvalue weighted by atomic mass is 10.1. The molecule has 0 aliphatic heterocycles. The van der Waals surface area contributed by atoms with Crippen molar-refractivity contribution in [2.24, 2.45) is 0 Å². The summed E-state index contributed by atoms with van der Waals surface area (Å²) >= 11 is 0. The standard InChI is InChI=1S/C17H16N2O2/c1-19(11-12-4-2-5-13(20)10-12)17(21)15-6-3-7-16-14(15)8-9-18-16/h2-10,18,20H,11H2,1H3. The number of aromatic hydroxyl groups is 1. The number of hydrogen-bond acceptors (Lipinski definition) is 2. The number of phenols is 1. The van der Waals surface area contributed by atoms with Crippen molar-refractivity contribution in [3.05, 3.63) is 65.9 Å². The van der Waals surface area contributed by atoms with Crippen LogP contribution >= 0.6 is 0 Å². The van der Waals surface area contributed by atoms with Gasteiger partial charge < -0.3 is 15.0 Å². The Hall–Kier alpha value is -2.75. The number of fused-ring (bicyclic) bond motifs is 1. The van der Waals surface area contributed by atoms with Crippen molar-refractivity contribution >= 4 is 16.8 Å². The summed E-state index contributed by atoms with van der Waals surface area (Å²) < 4.78 is 0. The molecular formula is C17H16N2O2. The Balaban J connectivity index is 1.86. The summed E-state index contributed by atoms with van der Waals surface area (Å²) in [6, 6.07) is 14.5. The van der Waals surface area contributed by atoms with E-state index in [1.807, 2.05) is 36.5 Å². The van der Waals surface area contributed by atoms with E-state index in [-0.39, 0.29) is 11.7 Å². The van der Waals surface area contributed by atoms with Crippen molar-refractivity contribution in [2.75, 3.05) is 7.05 Å². The monoisotopic (exact) mass is 280 g/mol. The number of hydrogen-bond donors (Lipinski definition) is 2. The lowest BCUT2D eigenvalue weighted by molar-refractivity contribution is 0.0787. The first-order chi connectivity index (χ1) is 10.1. The molecule has 0 aliphatic carbocycles. The molecule has 1 heterocycles. The van der Waals surface area contributed by atoms with Gasteiger partial charge in [0, 0.05) is 36.3 Å². The Morgan fingerprint density at radius 3 is 2.81 bits per heavy atom. The van der Waals surface area contributed by atoms with Crippen LogP contribution in [0.3, 0.4) is 0 Å². The molecule has 0 unspecified atom stereocenters. The maximum absolute atomic E-state index is 12.6. The van der Waals surface area contributed by atoms with Gasteiger partial charge in [-0.05, 0) is 35.9 Å². The molecule has 4 heteroatoms. The maximum Gasteiger partial charge on any atom is 0.254 e. The second kappa shape index (κ2) is 5.32. The van der Waals surface area contributed by atoms with Gasteiger partial charge in [0.05, 0.1) is 0 Å². The van der Waals surface area contributed by atoms with E-state index in [0.29, 0.717) is 12.1 Å². The minimum atomic E-state index is -0.0384. The smallest absolute Gasteiger partial charge is 0.254 e. The number of amides is 1. The minimum absolute atomic E-state index is 0.0384. The van der Waals surface area contributed by atoms with E-state index >= 15 is 0 Å². The third kappa shape index (κ3) is 2.60. The number of carbonyl (C=O) groups excluding carboxylic acids is 1. The Labute approximate surface area is 122 Å².